The maximum atomic E-state index is 13.5. The van der Waals surface area contributed by atoms with E-state index in [0.717, 1.165) is 11.3 Å². The van der Waals surface area contributed by atoms with Crippen molar-refractivity contribution in [2.75, 3.05) is 45.2 Å². The van der Waals surface area contributed by atoms with E-state index in [1.807, 2.05) is 31.3 Å². The number of rotatable bonds is 6. The molecule has 3 rings (SSSR count). The largest absolute Gasteiger partial charge is 0.496 e. The highest BCUT2D eigenvalue weighted by Crippen LogP contribution is 2.29. The summed E-state index contributed by atoms with van der Waals surface area (Å²) in [7, 11) is -0.192. The molecule has 0 N–H and O–H groups in total. The molecule has 0 atom stereocenters. The minimum absolute atomic E-state index is 0.0997. The number of methoxy groups -OCH3 is 1. The Morgan fingerprint density at radius 2 is 1.80 bits per heavy atom. The summed E-state index contributed by atoms with van der Waals surface area (Å²) in [4.78, 5) is 17.4. The SMILES string of the molecule is CCN(CC)S(=O)(=O)c1ccc(OC)c(C(=O)N2CCN(C)c3ccccc3C2)c1. The van der Waals surface area contributed by atoms with Crippen LogP contribution >= 0.6 is 0 Å². The summed E-state index contributed by atoms with van der Waals surface area (Å²) in [5, 5.41) is 0. The van der Waals surface area contributed by atoms with Gasteiger partial charge in [-0.2, -0.15) is 4.31 Å². The van der Waals surface area contributed by atoms with Crippen molar-refractivity contribution in [3.05, 3.63) is 53.6 Å². The number of benzene rings is 2. The van der Waals surface area contributed by atoms with Crippen LogP contribution in [0.3, 0.4) is 0 Å². The Morgan fingerprint density at radius 3 is 2.47 bits per heavy atom. The summed E-state index contributed by atoms with van der Waals surface area (Å²) in [6.45, 7) is 5.98. The van der Waals surface area contributed by atoms with E-state index in [-0.39, 0.29) is 16.4 Å². The van der Waals surface area contributed by atoms with E-state index >= 15 is 0 Å². The van der Waals surface area contributed by atoms with E-state index in [1.54, 1.807) is 24.8 Å². The molecule has 0 spiro atoms. The van der Waals surface area contributed by atoms with E-state index in [4.69, 9.17) is 4.74 Å². The minimum atomic E-state index is -3.68. The lowest BCUT2D eigenvalue weighted by Crippen LogP contribution is -2.35. The van der Waals surface area contributed by atoms with Crippen molar-refractivity contribution < 1.29 is 17.9 Å². The van der Waals surface area contributed by atoms with E-state index in [0.29, 0.717) is 38.5 Å². The monoisotopic (exact) mass is 431 g/mol. The first-order valence-electron chi connectivity index (χ1n) is 10.1. The first-order valence-corrected chi connectivity index (χ1v) is 11.5. The van der Waals surface area contributed by atoms with Gasteiger partial charge in [0.1, 0.15) is 5.75 Å². The summed E-state index contributed by atoms with van der Waals surface area (Å²) in [5.41, 5.74) is 2.40. The molecule has 162 valence electrons. The molecule has 1 heterocycles. The number of ether oxygens (including phenoxy) is 1. The van der Waals surface area contributed by atoms with Gasteiger partial charge in [0, 0.05) is 45.5 Å². The number of nitrogens with zero attached hydrogens (tertiary/aromatic N) is 3. The van der Waals surface area contributed by atoms with Crippen LogP contribution < -0.4 is 9.64 Å². The highest BCUT2D eigenvalue weighted by molar-refractivity contribution is 7.89. The van der Waals surface area contributed by atoms with Crippen molar-refractivity contribution in [1.29, 1.82) is 0 Å². The molecule has 2 aromatic carbocycles. The van der Waals surface area contributed by atoms with Crippen LogP contribution in [0.1, 0.15) is 29.8 Å². The first-order chi connectivity index (χ1) is 14.3. The molecule has 0 aliphatic carbocycles. The molecule has 8 heteroatoms. The molecule has 1 amide bonds. The van der Waals surface area contributed by atoms with Gasteiger partial charge in [-0.1, -0.05) is 32.0 Å². The summed E-state index contributed by atoms with van der Waals surface area (Å²) in [6, 6.07) is 12.5. The molecular formula is C22H29N3O4S. The average Bonchev–Trinajstić information content (AvgIpc) is 2.92. The molecule has 0 bridgehead atoms. The van der Waals surface area contributed by atoms with Gasteiger partial charge in [0.05, 0.1) is 17.6 Å². The number of amides is 1. The predicted octanol–water partition coefficient (Wildman–Crippen LogP) is 2.82. The molecule has 1 aliphatic heterocycles. The van der Waals surface area contributed by atoms with Crippen LogP contribution in [-0.2, 0) is 16.6 Å². The summed E-state index contributed by atoms with van der Waals surface area (Å²) in [5.74, 6) is 0.123. The quantitative estimate of drug-likeness (QED) is 0.703. The van der Waals surface area contributed by atoms with Crippen LogP contribution in [0, 0.1) is 0 Å². The van der Waals surface area contributed by atoms with Gasteiger partial charge in [-0.15, -0.1) is 0 Å². The Hall–Kier alpha value is -2.58. The number of sulfonamides is 1. The molecule has 0 unspecified atom stereocenters. The fourth-order valence-electron chi connectivity index (χ4n) is 3.76. The van der Waals surface area contributed by atoms with Crippen LogP contribution in [0.25, 0.3) is 0 Å². The number of anilines is 1. The number of hydrogen-bond acceptors (Lipinski definition) is 5. The third kappa shape index (κ3) is 4.15. The van der Waals surface area contributed by atoms with Crippen LogP contribution in [-0.4, -0.2) is 63.9 Å². The second-order valence-corrected chi connectivity index (χ2v) is 9.17. The smallest absolute Gasteiger partial charge is 0.258 e. The van der Waals surface area contributed by atoms with Crippen LogP contribution in [0.15, 0.2) is 47.4 Å². The van der Waals surface area contributed by atoms with Gasteiger partial charge in [-0.05, 0) is 29.8 Å². The summed E-state index contributed by atoms with van der Waals surface area (Å²) >= 11 is 0. The first kappa shape index (κ1) is 22.1. The van der Waals surface area contributed by atoms with Crippen molar-refractivity contribution in [3.63, 3.8) is 0 Å². The van der Waals surface area contributed by atoms with E-state index in [1.165, 1.54) is 23.5 Å². The zero-order valence-corrected chi connectivity index (χ0v) is 18.8. The van der Waals surface area contributed by atoms with E-state index in [2.05, 4.69) is 4.90 Å². The fraction of sp³-hybridized carbons (Fsp3) is 0.409. The fourth-order valence-corrected chi connectivity index (χ4v) is 5.25. The predicted molar refractivity (Wildman–Crippen MR) is 118 cm³/mol. The number of fused-ring (bicyclic) bond motifs is 1. The maximum absolute atomic E-state index is 13.5. The van der Waals surface area contributed by atoms with Gasteiger partial charge in [-0.3, -0.25) is 4.79 Å². The van der Waals surface area contributed by atoms with Gasteiger partial charge >= 0.3 is 0 Å². The molecule has 2 aromatic rings. The highest BCUT2D eigenvalue weighted by atomic mass is 32.2. The van der Waals surface area contributed by atoms with Crippen LogP contribution in [0.2, 0.25) is 0 Å². The molecule has 0 aromatic heterocycles. The number of hydrogen-bond donors (Lipinski definition) is 0. The lowest BCUT2D eigenvalue weighted by atomic mass is 10.1. The molecule has 0 fully saturated rings. The lowest BCUT2D eigenvalue weighted by Gasteiger charge is -2.23. The van der Waals surface area contributed by atoms with Gasteiger partial charge < -0.3 is 14.5 Å². The van der Waals surface area contributed by atoms with Gasteiger partial charge in [0.2, 0.25) is 10.0 Å². The zero-order chi connectivity index (χ0) is 21.9. The molecular weight excluding hydrogens is 402 g/mol. The maximum Gasteiger partial charge on any atom is 0.258 e. The zero-order valence-electron chi connectivity index (χ0n) is 18.0. The van der Waals surface area contributed by atoms with Gasteiger partial charge in [0.15, 0.2) is 0 Å². The van der Waals surface area contributed by atoms with Crippen molar-refractivity contribution >= 4 is 21.6 Å². The minimum Gasteiger partial charge on any atom is -0.496 e. The molecule has 0 saturated heterocycles. The molecule has 7 nitrogen and oxygen atoms in total. The number of para-hydroxylation sites is 1. The number of likely N-dealkylation sites (N-methyl/N-ethyl adjacent to an activating group) is 1. The molecule has 30 heavy (non-hydrogen) atoms. The Kier molecular flexibility index (Phi) is 6.67. The topological polar surface area (TPSA) is 70.2 Å². The van der Waals surface area contributed by atoms with Gasteiger partial charge in [-0.25, -0.2) is 8.42 Å². The van der Waals surface area contributed by atoms with Crippen molar-refractivity contribution in [1.82, 2.24) is 9.21 Å². The third-order valence-corrected chi connectivity index (χ3v) is 7.55. The average molecular weight is 432 g/mol. The number of carbonyl (C=O) groups excluding carboxylic acids is 1. The normalized spacial score (nSPS) is 14.4. The molecule has 0 saturated carbocycles. The van der Waals surface area contributed by atoms with E-state index in [9.17, 15) is 13.2 Å². The van der Waals surface area contributed by atoms with Crippen LogP contribution in [0.5, 0.6) is 5.75 Å². The van der Waals surface area contributed by atoms with Crippen LogP contribution in [0.4, 0.5) is 5.69 Å². The Morgan fingerprint density at radius 1 is 1.10 bits per heavy atom. The van der Waals surface area contributed by atoms with E-state index < -0.39 is 10.0 Å². The summed E-state index contributed by atoms with van der Waals surface area (Å²) < 4.78 is 32.7. The Labute approximate surface area is 178 Å². The third-order valence-electron chi connectivity index (χ3n) is 5.50. The Balaban J connectivity index is 1.99. The standard InChI is InChI=1S/C22H29N3O4S/c1-5-25(6-2)30(27,28)18-11-12-21(29-4)19(15-18)22(26)24-14-13-23(3)20-10-8-7-9-17(20)16-24/h7-12,15H,5-6,13-14,16H2,1-4H3. The molecule has 1 aliphatic rings. The second-order valence-electron chi connectivity index (χ2n) is 7.23. The highest BCUT2D eigenvalue weighted by Gasteiger charge is 2.28. The summed E-state index contributed by atoms with van der Waals surface area (Å²) in [6.07, 6.45) is 0. The van der Waals surface area contributed by atoms with Crippen molar-refractivity contribution in [3.8, 4) is 5.75 Å². The molecule has 0 radical (unpaired) electrons. The van der Waals surface area contributed by atoms with Gasteiger partial charge in [0.25, 0.3) is 5.91 Å². The second kappa shape index (κ2) is 9.06. The number of carbonyl (C=O) groups is 1. The van der Waals surface area contributed by atoms with Crippen molar-refractivity contribution in [2.24, 2.45) is 0 Å². The lowest BCUT2D eigenvalue weighted by molar-refractivity contribution is 0.0748. The Bertz CT molecular complexity index is 1020. The van der Waals surface area contributed by atoms with Crippen molar-refractivity contribution in [2.45, 2.75) is 25.3 Å².